The molecule has 3 rings (SSSR count). The van der Waals surface area contributed by atoms with Gasteiger partial charge in [0.2, 0.25) is 0 Å². The van der Waals surface area contributed by atoms with Crippen LogP contribution in [0.25, 0.3) is 0 Å². The number of alkyl halides is 3. The number of nitrogens with zero attached hydrogens (tertiary/aromatic N) is 1. The van der Waals surface area contributed by atoms with E-state index in [0.29, 0.717) is 6.54 Å². The van der Waals surface area contributed by atoms with Gasteiger partial charge in [-0.05, 0) is 61.4 Å². The minimum Gasteiger partial charge on any atom is -0.457 e. The summed E-state index contributed by atoms with van der Waals surface area (Å²) in [5, 5.41) is 18.3. The molecule has 0 radical (unpaired) electrons. The first-order chi connectivity index (χ1) is 16.0. The summed E-state index contributed by atoms with van der Waals surface area (Å²) in [7, 11) is -4.23. The van der Waals surface area contributed by atoms with Crippen molar-refractivity contribution in [2.45, 2.75) is 28.8 Å². The van der Waals surface area contributed by atoms with Crippen molar-refractivity contribution in [3.8, 4) is 17.2 Å². The number of halogens is 4. The first-order valence-electron chi connectivity index (χ1n) is 10.2. The van der Waals surface area contributed by atoms with Gasteiger partial charge in [-0.25, -0.2) is 13.9 Å². The van der Waals surface area contributed by atoms with Crippen LogP contribution in [0.4, 0.5) is 13.2 Å². The Morgan fingerprint density at radius 3 is 1.94 bits per heavy atom. The van der Waals surface area contributed by atoms with Crippen molar-refractivity contribution in [3.05, 3.63) is 48.5 Å². The number of aliphatic hydroxyl groups excluding tert-OH is 1. The summed E-state index contributed by atoms with van der Waals surface area (Å²) in [6.45, 7) is 0.711. The second kappa shape index (κ2) is 11.4. The number of benzene rings is 2. The van der Waals surface area contributed by atoms with E-state index in [-0.39, 0.29) is 61.3 Å². The van der Waals surface area contributed by atoms with Crippen LogP contribution in [0.1, 0.15) is 12.8 Å². The molecule has 0 bridgehead atoms. The minimum absolute atomic E-state index is 0. The Kier molecular flexibility index (Phi) is 9.36. The van der Waals surface area contributed by atoms with Crippen molar-refractivity contribution in [2.75, 3.05) is 26.2 Å². The molecule has 1 aliphatic rings. The van der Waals surface area contributed by atoms with Crippen LogP contribution in [0.5, 0.6) is 17.2 Å². The van der Waals surface area contributed by atoms with Crippen molar-refractivity contribution in [2.24, 2.45) is 0 Å². The first-order valence-corrected chi connectivity index (χ1v) is 11.7. The van der Waals surface area contributed by atoms with Crippen molar-refractivity contribution in [1.29, 1.82) is 0 Å². The van der Waals surface area contributed by atoms with Gasteiger partial charge in [-0.1, -0.05) is 0 Å². The molecule has 9 nitrogen and oxygen atoms in total. The van der Waals surface area contributed by atoms with Gasteiger partial charge in [-0.15, -0.1) is 25.6 Å². The van der Waals surface area contributed by atoms with E-state index >= 15 is 0 Å². The number of hydroxylamine groups is 1. The average molecular weight is 541 g/mol. The largest absolute Gasteiger partial charge is 0.573 e. The predicted octanol–water partition coefficient (Wildman–Crippen LogP) is 2.91. The summed E-state index contributed by atoms with van der Waals surface area (Å²) in [4.78, 5) is 14.1. The Morgan fingerprint density at radius 1 is 1.00 bits per heavy atom. The van der Waals surface area contributed by atoms with Crippen LogP contribution in [0.3, 0.4) is 0 Å². The summed E-state index contributed by atoms with van der Waals surface area (Å²) in [6.07, 6.45) is -4.97. The van der Waals surface area contributed by atoms with Gasteiger partial charge >= 0.3 is 6.36 Å². The fourth-order valence-electron chi connectivity index (χ4n) is 3.76. The van der Waals surface area contributed by atoms with Crippen LogP contribution in [0.15, 0.2) is 53.4 Å². The van der Waals surface area contributed by atoms with Gasteiger partial charge in [0.05, 0.1) is 11.5 Å². The van der Waals surface area contributed by atoms with E-state index in [1.165, 1.54) is 41.9 Å². The number of aliphatic hydroxyl groups is 1. The molecule has 0 spiro atoms. The van der Waals surface area contributed by atoms with E-state index in [2.05, 4.69) is 4.74 Å². The molecule has 35 heavy (non-hydrogen) atoms. The zero-order valence-corrected chi connectivity index (χ0v) is 19.8. The molecular weight excluding hydrogens is 517 g/mol. The highest BCUT2D eigenvalue weighted by Gasteiger charge is 2.52. The molecule has 194 valence electrons. The Labute approximate surface area is 205 Å². The molecule has 0 saturated carbocycles. The lowest BCUT2D eigenvalue weighted by atomic mass is 9.95. The normalized spacial score (nSPS) is 16.1. The lowest BCUT2D eigenvalue weighted by molar-refractivity contribution is -0.274. The smallest absolute Gasteiger partial charge is 0.457 e. The minimum atomic E-state index is -4.82. The quantitative estimate of drug-likeness (QED) is 0.345. The molecule has 1 amide bonds. The Bertz CT molecular complexity index is 1090. The van der Waals surface area contributed by atoms with E-state index in [9.17, 15) is 31.6 Å². The molecule has 1 aliphatic heterocycles. The molecular formula is C21H24ClF3N2O7S. The Balaban J connectivity index is 0.00000432. The fraction of sp³-hybridized carbons (Fsp3) is 0.381. The first kappa shape index (κ1) is 28.7. The molecule has 1 fully saturated rings. The molecule has 0 unspecified atom stereocenters. The van der Waals surface area contributed by atoms with Gasteiger partial charge in [0.25, 0.3) is 5.91 Å². The van der Waals surface area contributed by atoms with Crippen molar-refractivity contribution < 1.29 is 46.2 Å². The summed E-state index contributed by atoms with van der Waals surface area (Å²) >= 11 is 0. The van der Waals surface area contributed by atoms with Crippen LogP contribution in [0.2, 0.25) is 0 Å². The van der Waals surface area contributed by atoms with Gasteiger partial charge in [0.15, 0.2) is 14.6 Å². The zero-order chi connectivity index (χ0) is 25.0. The van der Waals surface area contributed by atoms with Gasteiger partial charge in [0.1, 0.15) is 17.2 Å². The number of amides is 1. The van der Waals surface area contributed by atoms with Gasteiger partial charge in [0, 0.05) is 19.6 Å². The zero-order valence-electron chi connectivity index (χ0n) is 18.2. The number of carbonyl (C=O) groups excluding carboxylic acids is 1. The lowest BCUT2D eigenvalue weighted by Crippen LogP contribution is -2.57. The van der Waals surface area contributed by atoms with Gasteiger partial charge < -0.3 is 19.5 Å². The SMILES string of the molecule is Cl.O=C(NO)C1(S(=O)(=O)c2ccc(Oc3ccc(OC(F)(F)F)cc3)cc2)CCN(CCO)CC1. The van der Waals surface area contributed by atoms with Crippen LogP contribution >= 0.6 is 12.4 Å². The van der Waals surface area contributed by atoms with E-state index in [0.717, 1.165) is 12.1 Å². The van der Waals surface area contributed by atoms with E-state index in [1.54, 1.807) is 0 Å². The molecule has 3 N–H and O–H groups in total. The number of carbonyl (C=O) groups is 1. The third-order valence-corrected chi connectivity index (χ3v) is 8.05. The van der Waals surface area contributed by atoms with E-state index in [4.69, 9.17) is 9.84 Å². The molecule has 1 saturated heterocycles. The molecule has 0 aromatic heterocycles. The second-order valence-electron chi connectivity index (χ2n) is 7.60. The molecule has 2 aromatic carbocycles. The molecule has 1 heterocycles. The lowest BCUT2D eigenvalue weighted by Gasteiger charge is -2.39. The van der Waals surface area contributed by atoms with Crippen LogP contribution in [-0.4, -0.2) is 66.9 Å². The van der Waals surface area contributed by atoms with E-state index < -0.39 is 32.6 Å². The maximum absolute atomic E-state index is 13.4. The summed E-state index contributed by atoms with van der Waals surface area (Å²) in [5.41, 5.74) is 1.47. The number of piperidine rings is 1. The summed E-state index contributed by atoms with van der Waals surface area (Å²) < 4.78 is 71.0. The highest BCUT2D eigenvalue weighted by Crippen LogP contribution is 2.37. The maximum atomic E-state index is 13.4. The molecule has 0 atom stereocenters. The van der Waals surface area contributed by atoms with Crippen molar-refractivity contribution in [1.82, 2.24) is 10.4 Å². The van der Waals surface area contributed by atoms with Crippen LogP contribution in [0, 0.1) is 0 Å². The second-order valence-corrected chi connectivity index (χ2v) is 9.86. The number of sulfone groups is 1. The van der Waals surface area contributed by atoms with Gasteiger partial charge in [-0.3, -0.25) is 10.0 Å². The highest BCUT2D eigenvalue weighted by molar-refractivity contribution is 7.93. The number of nitrogens with one attached hydrogen (secondary N) is 1. The predicted molar refractivity (Wildman–Crippen MR) is 119 cm³/mol. The van der Waals surface area contributed by atoms with E-state index in [1.807, 2.05) is 4.90 Å². The molecule has 14 heteroatoms. The monoisotopic (exact) mass is 540 g/mol. The highest BCUT2D eigenvalue weighted by atomic mass is 35.5. The number of β-amino-alcohol motifs (C(OH)–C–C–N with tert-alkyl or cyclic N) is 1. The van der Waals surface area contributed by atoms with Crippen molar-refractivity contribution in [3.63, 3.8) is 0 Å². The fourth-order valence-corrected chi connectivity index (χ4v) is 5.71. The third kappa shape index (κ3) is 6.55. The number of hydrogen-bond donors (Lipinski definition) is 3. The third-order valence-electron chi connectivity index (χ3n) is 5.54. The average Bonchev–Trinajstić information content (AvgIpc) is 2.80. The Hall–Kier alpha value is -2.58. The number of ether oxygens (including phenoxy) is 2. The van der Waals surface area contributed by atoms with Crippen LogP contribution < -0.4 is 15.0 Å². The number of likely N-dealkylation sites (tertiary alicyclic amines) is 1. The molecule has 2 aromatic rings. The Morgan fingerprint density at radius 2 is 1.49 bits per heavy atom. The maximum Gasteiger partial charge on any atom is 0.573 e. The summed E-state index contributed by atoms with van der Waals surface area (Å²) in [5.74, 6) is -1.05. The number of rotatable bonds is 8. The standard InChI is InChI=1S/C21H23F3N2O7S.ClH/c22-21(23,24)33-17-3-1-15(2-4-17)32-16-5-7-18(8-6-16)34(30,31)20(19(28)25-29)9-11-26(12-10-20)13-14-27;/h1-8,27,29H,9-14H2,(H,25,28);1H. The molecule has 0 aliphatic carbocycles. The summed E-state index contributed by atoms with van der Waals surface area (Å²) in [6, 6.07) is 9.84. The number of hydrogen-bond acceptors (Lipinski definition) is 8. The van der Waals surface area contributed by atoms with Crippen molar-refractivity contribution >= 4 is 28.2 Å². The van der Waals surface area contributed by atoms with Gasteiger partial charge in [-0.2, -0.15) is 0 Å². The topological polar surface area (TPSA) is 125 Å². The van der Waals surface area contributed by atoms with Crippen LogP contribution in [-0.2, 0) is 14.6 Å².